The van der Waals surface area contributed by atoms with Crippen LogP contribution in [-0.4, -0.2) is 6.61 Å². The van der Waals surface area contributed by atoms with Crippen molar-refractivity contribution in [3.63, 3.8) is 0 Å². The van der Waals surface area contributed by atoms with Gasteiger partial charge < -0.3 is 4.74 Å². The van der Waals surface area contributed by atoms with Gasteiger partial charge in [-0.3, -0.25) is 0 Å². The third-order valence-corrected chi connectivity index (χ3v) is 2.84. The first-order valence-electron chi connectivity index (χ1n) is 7.01. The highest BCUT2D eigenvalue weighted by molar-refractivity contribution is 5.88. The zero-order chi connectivity index (χ0) is 13.9. The molecule has 1 heteroatoms. The maximum atomic E-state index is 5.76. The van der Waals surface area contributed by atoms with Gasteiger partial charge >= 0.3 is 0 Å². The number of benzene rings is 2. The molecule has 0 aromatic heterocycles. The molecular formula is C18H24O. The summed E-state index contributed by atoms with van der Waals surface area (Å²) >= 11 is 0. The smallest absolute Gasteiger partial charge is 0.127 e. The Morgan fingerprint density at radius 1 is 0.947 bits per heavy atom. The Balaban J connectivity index is 0.000000399. The van der Waals surface area contributed by atoms with E-state index in [9.17, 15) is 0 Å². The van der Waals surface area contributed by atoms with Gasteiger partial charge in [0.05, 0.1) is 6.61 Å². The third kappa shape index (κ3) is 5.17. The van der Waals surface area contributed by atoms with Gasteiger partial charge in [-0.25, -0.2) is 0 Å². The molecule has 0 heterocycles. The van der Waals surface area contributed by atoms with Gasteiger partial charge in [0.2, 0.25) is 0 Å². The quantitative estimate of drug-likeness (QED) is 0.511. The number of hydrogen-bond donors (Lipinski definition) is 0. The molecule has 1 nitrogen and oxygen atoms in total. The van der Waals surface area contributed by atoms with E-state index in [2.05, 4.69) is 37.3 Å². The molecule has 2 aromatic carbocycles. The van der Waals surface area contributed by atoms with Crippen LogP contribution in [0.4, 0.5) is 0 Å². The molecule has 0 atom stereocenters. The monoisotopic (exact) mass is 256 g/mol. The maximum Gasteiger partial charge on any atom is 0.127 e. The predicted octanol–water partition coefficient (Wildman–Crippen LogP) is 5.60. The molecule has 0 saturated carbocycles. The Hall–Kier alpha value is -1.76. The highest BCUT2D eigenvalue weighted by atomic mass is 16.5. The van der Waals surface area contributed by atoms with E-state index in [1.807, 2.05) is 38.1 Å². The van der Waals surface area contributed by atoms with Crippen LogP contribution in [0.25, 0.3) is 10.8 Å². The third-order valence-electron chi connectivity index (χ3n) is 2.84. The molecule has 0 unspecified atom stereocenters. The van der Waals surface area contributed by atoms with Crippen LogP contribution in [-0.2, 0) is 0 Å². The topological polar surface area (TPSA) is 9.23 Å². The molecule has 0 radical (unpaired) electrons. The van der Waals surface area contributed by atoms with Crippen LogP contribution in [0.5, 0.6) is 5.75 Å². The maximum absolute atomic E-state index is 5.76. The molecular weight excluding hydrogens is 232 g/mol. The van der Waals surface area contributed by atoms with E-state index >= 15 is 0 Å². The van der Waals surface area contributed by atoms with Gasteiger partial charge in [0.25, 0.3) is 0 Å². The second-order valence-corrected chi connectivity index (χ2v) is 4.35. The van der Waals surface area contributed by atoms with E-state index in [4.69, 9.17) is 4.74 Å². The minimum atomic E-state index is 0.810. The molecule has 0 bridgehead atoms. The summed E-state index contributed by atoms with van der Waals surface area (Å²) in [6, 6.07) is 14.5. The average molecular weight is 256 g/mol. The first kappa shape index (κ1) is 15.3. The van der Waals surface area contributed by atoms with Gasteiger partial charge in [-0.05, 0) is 31.7 Å². The predicted molar refractivity (Wildman–Crippen MR) is 84.8 cm³/mol. The summed E-state index contributed by atoms with van der Waals surface area (Å²) in [5, 5.41) is 2.45. The molecule has 0 amide bonds. The van der Waals surface area contributed by atoms with Crippen molar-refractivity contribution in [2.75, 3.05) is 6.61 Å². The second kappa shape index (κ2) is 9.21. The minimum absolute atomic E-state index is 0.810. The van der Waals surface area contributed by atoms with Crippen LogP contribution in [0.1, 0.15) is 33.6 Å². The van der Waals surface area contributed by atoms with E-state index in [0.29, 0.717) is 0 Å². The van der Waals surface area contributed by atoms with Crippen molar-refractivity contribution in [1.29, 1.82) is 0 Å². The second-order valence-electron chi connectivity index (χ2n) is 4.35. The van der Waals surface area contributed by atoms with Crippen molar-refractivity contribution >= 4 is 10.8 Å². The SMILES string of the molecule is C/C=C\C.CCCCOc1cccc2ccccc12. The summed E-state index contributed by atoms with van der Waals surface area (Å²) < 4.78 is 5.76. The van der Waals surface area contributed by atoms with Crippen LogP contribution >= 0.6 is 0 Å². The minimum Gasteiger partial charge on any atom is -0.493 e. The number of ether oxygens (including phenoxy) is 1. The Morgan fingerprint density at radius 3 is 2.32 bits per heavy atom. The Kier molecular flexibility index (Phi) is 7.41. The highest BCUT2D eigenvalue weighted by Gasteiger charge is 1.99. The molecule has 0 spiro atoms. The van der Waals surface area contributed by atoms with Crippen molar-refractivity contribution in [1.82, 2.24) is 0 Å². The average Bonchev–Trinajstić information content (AvgIpc) is 2.48. The van der Waals surface area contributed by atoms with Crippen LogP contribution < -0.4 is 4.74 Å². The highest BCUT2D eigenvalue weighted by Crippen LogP contribution is 2.25. The number of fused-ring (bicyclic) bond motifs is 1. The van der Waals surface area contributed by atoms with Gasteiger partial charge in [0, 0.05) is 5.39 Å². The van der Waals surface area contributed by atoms with Crippen molar-refractivity contribution in [3.8, 4) is 5.75 Å². The standard InChI is InChI=1S/C14H16O.C4H8/c1-2-3-11-15-14-10-6-8-12-7-4-5-9-13(12)14;1-3-4-2/h4-10H,2-3,11H2,1H3;3-4H,1-2H3/b;4-3-. The number of hydrogen-bond acceptors (Lipinski definition) is 1. The molecule has 0 N–H and O–H groups in total. The Morgan fingerprint density at radius 2 is 1.63 bits per heavy atom. The lowest BCUT2D eigenvalue weighted by Gasteiger charge is -2.08. The van der Waals surface area contributed by atoms with Crippen molar-refractivity contribution < 1.29 is 4.74 Å². The molecule has 102 valence electrons. The zero-order valence-corrected chi connectivity index (χ0v) is 12.2. The van der Waals surface area contributed by atoms with Crippen LogP contribution in [0.15, 0.2) is 54.6 Å². The summed E-state index contributed by atoms with van der Waals surface area (Å²) in [7, 11) is 0. The van der Waals surface area contributed by atoms with Gasteiger partial charge in [0.1, 0.15) is 5.75 Å². The lowest BCUT2D eigenvalue weighted by molar-refractivity contribution is 0.313. The fraction of sp³-hybridized carbons (Fsp3) is 0.333. The first-order chi connectivity index (χ1) is 9.33. The van der Waals surface area contributed by atoms with E-state index in [1.165, 1.54) is 17.2 Å². The van der Waals surface area contributed by atoms with Gasteiger partial charge in [0.15, 0.2) is 0 Å². The van der Waals surface area contributed by atoms with Crippen LogP contribution in [0.2, 0.25) is 0 Å². The fourth-order valence-electron chi connectivity index (χ4n) is 1.65. The van der Waals surface area contributed by atoms with Gasteiger partial charge in [-0.2, -0.15) is 0 Å². The van der Waals surface area contributed by atoms with E-state index < -0.39 is 0 Å². The van der Waals surface area contributed by atoms with E-state index in [1.54, 1.807) is 0 Å². The van der Waals surface area contributed by atoms with Crippen molar-refractivity contribution in [2.45, 2.75) is 33.6 Å². The van der Waals surface area contributed by atoms with Gasteiger partial charge in [-0.1, -0.05) is 61.9 Å². The molecule has 2 aromatic rings. The number of unbranched alkanes of at least 4 members (excludes halogenated alkanes) is 1. The number of rotatable bonds is 4. The van der Waals surface area contributed by atoms with Crippen LogP contribution in [0, 0.1) is 0 Å². The summed E-state index contributed by atoms with van der Waals surface area (Å²) in [6.07, 6.45) is 6.29. The zero-order valence-electron chi connectivity index (χ0n) is 12.2. The summed E-state index contributed by atoms with van der Waals surface area (Å²) in [4.78, 5) is 0. The first-order valence-corrected chi connectivity index (χ1v) is 7.01. The van der Waals surface area contributed by atoms with E-state index in [0.717, 1.165) is 18.8 Å². The largest absolute Gasteiger partial charge is 0.493 e. The Bertz CT molecular complexity index is 491. The lowest BCUT2D eigenvalue weighted by Crippen LogP contribution is -1.96. The summed E-state index contributed by atoms with van der Waals surface area (Å²) in [5.74, 6) is 1.00. The molecule has 2 rings (SSSR count). The van der Waals surface area contributed by atoms with Gasteiger partial charge in [-0.15, -0.1) is 0 Å². The molecule has 0 aliphatic rings. The number of allylic oxidation sites excluding steroid dienone is 2. The molecule has 0 aliphatic heterocycles. The Labute approximate surface area is 116 Å². The molecule has 0 aliphatic carbocycles. The molecule has 0 fully saturated rings. The van der Waals surface area contributed by atoms with E-state index in [-0.39, 0.29) is 0 Å². The molecule has 0 saturated heterocycles. The fourth-order valence-corrected chi connectivity index (χ4v) is 1.65. The van der Waals surface area contributed by atoms with Crippen molar-refractivity contribution in [3.05, 3.63) is 54.6 Å². The van der Waals surface area contributed by atoms with Crippen LogP contribution in [0.3, 0.4) is 0 Å². The lowest BCUT2D eigenvalue weighted by atomic mass is 10.1. The molecule has 19 heavy (non-hydrogen) atoms. The summed E-state index contributed by atoms with van der Waals surface area (Å²) in [6.45, 7) is 6.98. The summed E-state index contributed by atoms with van der Waals surface area (Å²) in [5.41, 5.74) is 0. The van der Waals surface area contributed by atoms with Crippen molar-refractivity contribution in [2.24, 2.45) is 0 Å². The normalized spacial score (nSPS) is 10.3.